The van der Waals surface area contributed by atoms with E-state index in [1.807, 2.05) is 13.0 Å². The van der Waals surface area contributed by atoms with Crippen LogP contribution in [0.5, 0.6) is 17.2 Å². The Morgan fingerprint density at radius 2 is 1.96 bits per heavy atom. The van der Waals surface area contributed by atoms with Crippen molar-refractivity contribution < 1.29 is 23.8 Å². The average Bonchev–Trinajstić information content (AvgIpc) is 2.72. The third-order valence-electron chi connectivity index (χ3n) is 4.32. The summed E-state index contributed by atoms with van der Waals surface area (Å²) in [6.07, 6.45) is 3.12. The molecule has 0 bridgehead atoms. The molecule has 1 N–H and O–H groups in total. The second-order valence-corrected chi connectivity index (χ2v) is 6.05. The number of ether oxygens (including phenoxy) is 3. The van der Waals surface area contributed by atoms with Gasteiger partial charge >= 0.3 is 0 Å². The molecule has 0 saturated carbocycles. The number of likely N-dealkylation sites (N-methyl/N-ethyl adjacent to an activating group) is 1. The van der Waals surface area contributed by atoms with E-state index >= 15 is 0 Å². The van der Waals surface area contributed by atoms with Crippen molar-refractivity contribution >= 4 is 29.3 Å². The summed E-state index contributed by atoms with van der Waals surface area (Å²) >= 11 is 0. The zero-order valence-corrected chi connectivity index (χ0v) is 16.0. The molecule has 7 nitrogen and oxygen atoms in total. The van der Waals surface area contributed by atoms with Crippen LogP contribution in [-0.4, -0.2) is 39.2 Å². The number of nitrogens with zero attached hydrogens (tertiary/aromatic N) is 1. The number of benzene rings is 2. The lowest BCUT2D eigenvalue weighted by atomic mass is 10.2. The van der Waals surface area contributed by atoms with Crippen LogP contribution in [0.3, 0.4) is 0 Å². The molecule has 146 valence electrons. The molecular weight excluding hydrogens is 360 g/mol. The summed E-state index contributed by atoms with van der Waals surface area (Å²) in [5.41, 5.74) is 2.10. The average molecular weight is 382 g/mol. The molecule has 0 radical (unpaired) electrons. The first-order chi connectivity index (χ1) is 13.5. The Hall–Kier alpha value is -3.48. The normalized spacial score (nSPS) is 13.1. The van der Waals surface area contributed by atoms with Gasteiger partial charge in [-0.15, -0.1) is 0 Å². The molecule has 0 atom stereocenters. The van der Waals surface area contributed by atoms with Crippen molar-refractivity contribution in [3.63, 3.8) is 0 Å². The molecule has 0 aliphatic carbocycles. The smallest absolute Gasteiger partial charge is 0.265 e. The van der Waals surface area contributed by atoms with E-state index in [2.05, 4.69) is 5.32 Å². The minimum absolute atomic E-state index is 0.00253. The monoisotopic (exact) mass is 382 g/mol. The number of amides is 2. The first-order valence-electron chi connectivity index (χ1n) is 8.84. The van der Waals surface area contributed by atoms with E-state index in [4.69, 9.17) is 14.2 Å². The molecule has 3 rings (SSSR count). The summed E-state index contributed by atoms with van der Waals surface area (Å²) in [5, 5.41) is 2.79. The van der Waals surface area contributed by atoms with Crippen molar-refractivity contribution in [3.05, 3.63) is 48.0 Å². The molecule has 0 fully saturated rings. The van der Waals surface area contributed by atoms with Gasteiger partial charge in [0.2, 0.25) is 5.91 Å². The fourth-order valence-corrected chi connectivity index (χ4v) is 2.94. The molecule has 1 heterocycles. The molecule has 28 heavy (non-hydrogen) atoms. The van der Waals surface area contributed by atoms with Crippen LogP contribution in [0.15, 0.2) is 42.5 Å². The van der Waals surface area contributed by atoms with Crippen LogP contribution in [0.25, 0.3) is 6.08 Å². The van der Waals surface area contributed by atoms with E-state index in [0.29, 0.717) is 35.2 Å². The molecule has 0 aromatic heterocycles. The van der Waals surface area contributed by atoms with Crippen LogP contribution in [0.2, 0.25) is 0 Å². The molecule has 2 amide bonds. The highest BCUT2D eigenvalue weighted by Crippen LogP contribution is 2.34. The number of rotatable bonds is 6. The first kappa shape index (κ1) is 19.3. The highest BCUT2D eigenvalue weighted by Gasteiger charge is 2.24. The predicted molar refractivity (Wildman–Crippen MR) is 107 cm³/mol. The molecule has 2 aromatic rings. The van der Waals surface area contributed by atoms with Crippen molar-refractivity contribution in [2.75, 3.05) is 37.6 Å². The number of nitrogens with one attached hydrogen (secondary N) is 1. The maximum absolute atomic E-state index is 12.2. The second kappa shape index (κ2) is 8.47. The predicted octanol–water partition coefficient (Wildman–Crippen LogP) is 3.10. The molecule has 0 spiro atoms. The Morgan fingerprint density at radius 3 is 2.68 bits per heavy atom. The fraction of sp³-hybridized carbons (Fsp3) is 0.238. The molecular formula is C21H22N2O5. The van der Waals surface area contributed by atoms with E-state index in [-0.39, 0.29) is 18.4 Å². The molecule has 1 aliphatic heterocycles. The van der Waals surface area contributed by atoms with Gasteiger partial charge in [-0.1, -0.05) is 6.07 Å². The summed E-state index contributed by atoms with van der Waals surface area (Å²) in [7, 11) is 3.13. The minimum Gasteiger partial charge on any atom is -0.493 e. The zero-order valence-electron chi connectivity index (χ0n) is 16.0. The highest BCUT2D eigenvalue weighted by atomic mass is 16.5. The van der Waals surface area contributed by atoms with Gasteiger partial charge in [0.25, 0.3) is 5.91 Å². The number of hydrogen-bond donors (Lipinski definition) is 1. The van der Waals surface area contributed by atoms with Crippen molar-refractivity contribution in [1.82, 2.24) is 0 Å². The third kappa shape index (κ3) is 4.09. The minimum atomic E-state index is -0.283. The van der Waals surface area contributed by atoms with Crippen LogP contribution < -0.4 is 24.4 Å². The Bertz CT molecular complexity index is 923. The molecule has 7 heteroatoms. The number of fused-ring (bicyclic) bond motifs is 1. The lowest BCUT2D eigenvalue weighted by molar-refractivity contribution is -0.121. The van der Waals surface area contributed by atoms with E-state index in [1.54, 1.807) is 55.5 Å². The summed E-state index contributed by atoms with van der Waals surface area (Å²) in [6.45, 7) is 2.47. The number of carbonyl (C=O) groups is 2. The molecule has 0 unspecified atom stereocenters. The van der Waals surface area contributed by atoms with Gasteiger partial charge in [0.15, 0.2) is 18.1 Å². The fourth-order valence-electron chi connectivity index (χ4n) is 2.94. The standard InChI is InChI=1S/C21H22N2O5/c1-4-23-16-8-7-15(12-18(16)28-13-21(23)25)22-20(24)10-6-14-5-9-17(26-2)19(11-14)27-3/h5-12H,4,13H2,1-3H3,(H,22,24)/b10-6+. The third-order valence-corrected chi connectivity index (χ3v) is 4.32. The SMILES string of the molecule is CCN1C(=O)COc2cc(NC(=O)/C=C/c3ccc(OC)c(OC)c3)ccc21. The van der Waals surface area contributed by atoms with E-state index < -0.39 is 0 Å². The largest absolute Gasteiger partial charge is 0.493 e. The van der Waals surface area contributed by atoms with Crippen molar-refractivity contribution in [2.24, 2.45) is 0 Å². The zero-order chi connectivity index (χ0) is 20.1. The van der Waals surface area contributed by atoms with Crippen LogP contribution in [0.4, 0.5) is 11.4 Å². The number of methoxy groups -OCH3 is 2. The summed E-state index contributed by atoms with van der Waals surface area (Å²) in [5.74, 6) is 1.42. The quantitative estimate of drug-likeness (QED) is 0.777. The van der Waals surface area contributed by atoms with Crippen molar-refractivity contribution in [2.45, 2.75) is 6.92 Å². The van der Waals surface area contributed by atoms with Gasteiger partial charge in [-0.2, -0.15) is 0 Å². The van der Waals surface area contributed by atoms with Gasteiger partial charge in [-0.25, -0.2) is 0 Å². The highest BCUT2D eigenvalue weighted by molar-refractivity contribution is 6.03. The van der Waals surface area contributed by atoms with Crippen molar-refractivity contribution in [3.8, 4) is 17.2 Å². The Morgan fingerprint density at radius 1 is 1.18 bits per heavy atom. The van der Waals surface area contributed by atoms with Crippen LogP contribution >= 0.6 is 0 Å². The van der Waals surface area contributed by atoms with Crippen LogP contribution in [0.1, 0.15) is 12.5 Å². The lowest BCUT2D eigenvalue weighted by Gasteiger charge is -2.28. The topological polar surface area (TPSA) is 77.1 Å². The van der Waals surface area contributed by atoms with Crippen molar-refractivity contribution in [1.29, 1.82) is 0 Å². The maximum atomic E-state index is 12.2. The molecule has 1 aliphatic rings. The van der Waals surface area contributed by atoms with Gasteiger partial charge < -0.3 is 24.4 Å². The van der Waals surface area contributed by atoms with E-state index in [1.165, 1.54) is 6.08 Å². The summed E-state index contributed by atoms with van der Waals surface area (Å²) in [4.78, 5) is 25.8. The van der Waals surface area contributed by atoms with Gasteiger partial charge in [0, 0.05) is 24.4 Å². The summed E-state index contributed by atoms with van der Waals surface area (Å²) < 4.78 is 15.9. The Labute approximate surface area is 163 Å². The Kier molecular flexibility index (Phi) is 5.84. The maximum Gasteiger partial charge on any atom is 0.265 e. The van der Waals surface area contributed by atoms with Gasteiger partial charge in [0.05, 0.1) is 19.9 Å². The number of anilines is 2. The van der Waals surface area contributed by atoms with Gasteiger partial charge in [0.1, 0.15) is 5.75 Å². The lowest BCUT2D eigenvalue weighted by Crippen LogP contribution is -2.38. The molecule has 0 saturated heterocycles. The molecule has 2 aromatic carbocycles. The number of hydrogen-bond acceptors (Lipinski definition) is 5. The van der Waals surface area contributed by atoms with E-state index in [9.17, 15) is 9.59 Å². The van der Waals surface area contributed by atoms with Crippen LogP contribution in [-0.2, 0) is 9.59 Å². The number of carbonyl (C=O) groups excluding carboxylic acids is 2. The van der Waals surface area contributed by atoms with E-state index in [0.717, 1.165) is 5.56 Å². The van der Waals surface area contributed by atoms with Gasteiger partial charge in [-0.05, 0) is 42.8 Å². The summed E-state index contributed by atoms with van der Waals surface area (Å²) in [6, 6.07) is 10.6. The van der Waals surface area contributed by atoms with Gasteiger partial charge in [-0.3, -0.25) is 9.59 Å². The Balaban J connectivity index is 1.70. The first-order valence-corrected chi connectivity index (χ1v) is 8.84. The second-order valence-electron chi connectivity index (χ2n) is 6.05. The van der Waals surface area contributed by atoms with Crippen LogP contribution in [0, 0.1) is 0 Å².